The van der Waals surface area contributed by atoms with Crippen molar-refractivity contribution in [2.45, 2.75) is 34.6 Å². The summed E-state index contributed by atoms with van der Waals surface area (Å²) in [5.74, 6) is 0. The Balaban J connectivity index is 0.000000606. The molecule has 0 atom stereocenters. The Morgan fingerprint density at radius 1 is 1.00 bits per heavy atom. The molecule has 2 heteroatoms. The summed E-state index contributed by atoms with van der Waals surface area (Å²) in [5.41, 5.74) is 4.05. The monoisotopic (exact) mass is 217 g/mol. The van der Waals surface area contributed by atoms with Crippen molar-refractivity contribution in [3.63, 3.8) is 0 Å². The number of hydrogen-bond acceptors (Lipinski definition) is 1. The lowest BCUT2D eigenvalue weighted by molar-refractivity contribution is 1.28. The van der Waals surface area contributed by atoms with E-state index in [2.05, 4.69) is 4.98 Å². The van der Waals surface area contributed by atoms with Crippen LogP contribution in [-0.2, 0) is 0 Å². The minimum absolute atomic E-state index is 0.135. The molecule has 1 N–H and O–H groups in total. The summed E-state index contributed by atoms with van der Waals surface area (Å²) in [5, 5.41) is 0.815. The third kappa shape index (κ3) is 2.16. The highest BCUT2D eigenvalue weighted by atomic mass is 16.1. The van der Waals surface area contributed by atoms with Gasteiger partial charge in [-0.2, -0.15) is 0 Å². The molecular weight excluding hydrogens is 198 g/mol. The Morgan fingerprint density at radius 3 is 2.25 bits per heavy atom. The summed E-state index contributed by atoms with van der Waals surface area (Å²) in [6.45, 7) is 9.84. The maximum absolute atomic E-state index is 11.8. The molecule has 0 radical (unpaired) electrons. The molecule has 16 heavy (non-hydrogen) atoms. The number of aryl methyl sites for hydroxylation is 3. The Hall–Kier alpha value is -1.57. The topological polar surface area (TPSA) is 32.9 Å². The van der Waals surface area contributed by atoms with Gasteiger partial charge in [0.15, 0.2) is 5.43 Å². The highest BCUT2D eigenvalue weighted by molar-refractivity contribution is 5.82. The molecule has 1 heterocycles. The van der Waals surface area contributed by atoms with E-state index in [-0.39, 0.29) is 5.43 Å². The van der Waals surface area contributed by atoms with Crippen LogP contribution in [0.2, 0.25) is 0 Å². The van der Waals surface area contributed by atoms with E-state index in [0.717, 1.165) is 22.0 Å². The molecule has 1 aromatic heterocycles. The van der Waals surface area contributed by atoms with Crippen LogP contribution >= 0.6 is 0 Å². The molecule has 0 unspecified atom stereocenters. The van der Waals surface area contributed by atoms with Gasteiger partial charge in [-0.3, -0.25) is 4.79 Å². The largest absolute Gasteiger partial charge is 0.361 e. The Morgan fingerprint density at radius 2 is 1.62 bits per heavy atom. The van der Waals surface area contributed by atoms with E-state index >= 15 is 0 Å². The van der Waals surface area contributed by atoms with Gasteiger partial charge in [0.2, 0.25) is 0 Å². The number of rotatable bonds is 0. The second kappa shape index (κ2) is 4.97. The molecule has 0 aliphatic carbocycles. The van der Waals surface area contributed by atoms with E-state index in [1.807, 2.05) is 46.8 Å². The molecule has 0 saturated heterocycles. The Kier molecular flexibility index (Phi) is 3.88. The summed E-state index contributed by atoms with van der Waals surface area (Å²) < 4.78 is 0. The van der Waals surface area contributed by atoms with Gasteiger partial charge in [-0.15, -0.1) is 0 Å². The summed E-state index contributed by atoms with van der Waals surface area (Å²) in [7, 11) is 0. The van der Waals surface area contributed by atoms with Crippen LogP contribution in [0.1, 0.15) is 30.5 Å². The fourth-order valence-corrected chi connectivity index (χ4v) is 1.83. The van der Waals surface area contributed by atoms with Crippen LogP contribution in [0.4, 0.5) is 0 Å². The minimum atomic E-state index is 0.135. The molecule has 0 spiro atoms. The first-order valence-corrected chi connectivity index (χ1v) is 5.69. The van der Waals surface area contributed by atoms with E-state index in [1.54, 1.807) is 6.20 Å². The second-order valence-corrected chi connectivity index (χ2v) is 3.81. The molecular formula is C14H19NO. The molecule has 86 valence electrons. The van der Waals surface area contributed by atoms with Crippen LogP contribution in [-0.4, -0.2) is 4.98 Å². The van der Waals surface area contributed by atoms with Gasteiger partial charge in [0.1, 0.15) is 0 Å². The molecule has 0 aliphatic heterocycles. The average molecular weight is 217 g/mol. The SMILES string of the molecule is CC.Cc1cc(C)c2c(=O)c(C)c[nH]c2c1. The van der Waals surface area contributed by atoms with E-state index in [9.17, 15) is 4.79 Å². The summed E-state index contributed by atoms with van der Waals surface area (Å²) >= 11 is 0. The maximum atomic E-state index is 11.8. The first-order chi connectivity index (χ1) is 7.59. The van der Waals surface area contributed by atoms with Crippen molar-refractivity contribution in [2.24, 2.45) is 0 Å². The van der Waals surface area contributed by atoms with Crippen molar-refractivity contribution in [2.75, 3.05) is 0 Å². The smallest absolute Gasteiger partial charge is 0.192 e. The van der Waals surface area contributed by atoms with Gasteiger partial charge in [-0.05, 0) is 38.0 Å². The molecule has 0 amide bonds. The first-order valence-electron chi connectivity index (χ1n) is 5.69. The van der Waals surface area contributed by atoms with E-state index in [4.69, 9.17) is 0 Å². The van der Waals surface area contributed by atoms with E-state index < -0.39 is 0 Å². The van der Waals surface area contributed by atoms with Gasteiger partial charge in [0, 0.05) is 22.7 Å². The fourth-order valence-electron chi connectivity index (χ4n) is 1.83. The van der Waals surface area contributed by atoms with Crippen molar-refractivity contribution in [1.29, 1.82) is 0 Å². The number of aromatic nitrogens is 1. The third-order valence-corrected chi connectivity index (χ3v) is 2.51. The Bertz CT molecular complexity index is 552. The summed E-state index contributed by atoms with van der Waals surface area (Å²) in [6.07, 6.45) is 1.77. The Labute approximate surface area is 96.3 Å². The van der Waals surface area contributed by atoms with Gasteiger partial charge in [-0.25, -0.2) is 0 Å². The lowest BCUT2D eigenvalue weighted by atomic mass is 10.0. The number of pyridine rings is 1. The normalized spacial score (nSPS) is 9.81. The molecule has 1 aromatic carbocycles. The lowest BCUT2D eigenvalue weighted by Gasteiger charge is -2.04. The predicted octanol–water partition coefficient (Wildman–Crippen LogP) is 3.48. The number of fused-ring (bicyclic) bond motifs is 1. The van der Waals surface area contributed by atoms with Crippen molar-refractivity contribution in [3.05, 3.63) is 45.2 Å². The van der Waals surface area contributed by atoms with Crippen LogP contribution in [0.3, 0.4) is 0 Å². The number of H-pyrrole nitrogens is 1. The number of aromatic amines is 1. The second-order valence-electron chi connectivity index (χ2n) is 3.81. The molecule has 0 fully saturated rings. The van der Waals surface area contributed by atoms with Crippen molar-refractivity contribution >= 4 is 10.9 Å². The highest BCUT2D eigenvalue weighted by Crippen LogP contribution is 2.15. The molecule has 0 saturated carbocycles. The van der Waals surface area contributed by atoms with Gasteiger partial charge < -0.3 is 4.98 Å². The average Bonchev–Trinajstić information content (AvgIpc) is 2.26. The standard InChI is InChI=1S/C12H13NO.C2H6/c1-7-4-8(2)11-10(5-7)13-6-9(3)12(11)14;1-2/h4-6H,1-3H3,(H,13,14);1-2H3. The molecule has 2 nitrogen and oxygen atoms in total. The third-order valence-electron chi connectivity index (χ3n) is 2.51. The molecule has 2 rings (SSSR count). The van der Waals surface area contributed by atoms with Crippen LogP contribution in [0.25, 0.3) is 10.9 Å². The maximum Gasteiger partial charge on any atom is 0.192 e. The van der Waals surface area contributed by atoms with Gasteiger partial charge in [0.05, 0.1) is 0 Å². The fraction of sp³-hybridized carbons (Fsp3) is 0.357. The van der Waals surface area contributed by atoms with Crippen molar-refractivity contribution in [3.8, 4) is 0 Å². The first kappa shape index (κ1) is 12.5. The van der Waals surface area contributed by atoms with Gasteiger partial charge >= 0.3 is 0 Å². The minimum Gasteiger partial charge on any atom is -0.361 e. The number of hydrogen-bond donors (Lipinski definition) is 1. The van der Waals surface area contributed by atoms with E-state index in [0.29, 0.717) is 0 Å². The van der Waals surface area contributed by atoms with Gasteiger partial charge in [-0.1, -0.05) is 19.9 Å². The van der Waals surface area contributed by atoms with Gasteiger partial charge in [0.25, 0.3) is 0 Å². The van der Waals surface area contributed by atoms with Crippen LogP contribution in [0.5, 0.6) is 0 Å². The van der Waals surface area contributed by atoms with Crippen LogP contribution < -0.4 is 5.43 Å². The van der Waals surface area contributed by atoms with Crippen molar-refractivity contribution in [1.82, 2.24) is 4.98 Å². The zero-order chi connectivity index (χ0) is 12.3. The highest BCUT2D eigenvalue weighted by Gasteiger charge is 2.04. The molecule has 0 bridgehead atoms. The quantitative estimate of drug-likeness (QED) is 0.720. The van der Waals surface area contributed by atoms with E-state index in [1.165, 1.54) is 5.56 Å². The number of benzene rings is 1. The van der Waals surface area contributed by atoms with Crippen LogP contribution in [0, 0.1) is 20.8 Å². The molecule has 0 aliphatic rings. The molecule has 2 aromatic rings. The zero-order valence-electron chi connectivity index (χ0n) is 10.6. The lowest BCUT2D eigenvalue weighted by Crippen LogP contribution is -2.07. The van der Waals surface area contributed by atoms with Crippen LogP contribution in [0.15, 0.2) is 23.1 Å². The van der Waals surface area contributed by atoms with Crippen molar-refractivity contribution < 1.29 is 0 Å². The summed E-state index contributed by atoms with van der Waals surface area (Å²) in [4.78, 5) is 15.0. The predicted molar refractivity (Wildman–Crippen MR) is 70.1 cm³/mol. The summed E-state index contributed by atoms with van der Waals surface area (Å²) in [6, 6.07) is 4.04. The zero-order valence-corrected chi connectivity index (χ0v) is 10.6. The number of nitrogens with one attached hydrogen (secondary N) is 1.